The number of carbonyl (C=O) groups is 1. The molecule has 0 saturated carbocycles. The largest absolute Gasteiger partial charge is 0.478 e. The maximum absolute atomic E-state index is 10.9. The summed E-state index contributed by atoms with van der Waals surface area (Å²) < 4.78 is 21.7. The van der Waals surface area contributed by atoms with Crippen LogP contribution in [0.15, 0.2) is 23.4 Å². The first-order valence-corrected chi connectivity index (χ1v) is 7.43. The van der Waals surface area contributed by atoms with E-state index < -0.39 is 15.8 Å². The summed E-state index contributed by atoms with van der Waals surface area (Å²) in [5.41, 5.74) is 0.150. The number of aromatic nitrogens is 1. The fourth-order valence-corrected chi connectivity index (χ4v) is 3.02. The van der Waals surface area contributed by atoms with E-state index in [1.54, 1.807) is 0 Å². The van der Waals surface area contributed by atoms with Crippen molar-refractivity contribution in [3.8, 4) is 0 Å². The van der Waals surface area contributed by atoms with Crippen LogP contribution >= 0.6 is 11.8 Å². The summed E-state index contributed by atoms with van der Waals surface area (Å²) in [5.74, 6) is -0.599. The fourth-order valence-electron chi connectivity index (χ4n) is 0.919. The number of carboxylic acids is 1. The molecular weight excluding hydrogens is 250 g/mol. The molecule has 0 bridgehead atoms. The lowest BCUT2D eigenvalue weighted by atomic mass is 10.3. The van der Waals surface area contributed by atoms with Crippen LogP contribution in [0.4, 0.5) is 0 Å². The molecule has 88 valence electrons. The van der Waals surface area contributed by atoms with Crippen molar-refractivity contribution in [3.05, 3.63) is 23.9 Å². The number of carboxylic acid groups (broad SMARTS) is 1. The predicted molar refractivity (Wildman–Crippen MR) is 61.6 cm³/mol. The summed E-state index contributed by atoms with van der Waals surface area (Å²) in [6.07, 6.45) is 2.56. The number of sulfone groups is 1. The molecule has 5 nitrogen and oxygen atoms in total. The van der Waals surface area contributed by atoms with E-state index >= 15 is 0 Å². The molecule has 0 amide bonds. The van der Waals surface area contributed by atoms with Gasteiger partial charge < -0.3 is 5.11 Å². The van der Waals surface area contributed by atoms with Gasteiger partial charge in [-0.3, -0.25) is 0 Å². The Morgan fingerprint density at radius 1 is 1.56 bits per heavy atom. The van der Waals surface area contributed by atoms with Crippen LogP contribution in [0.1, 0.15) is 10.4 Å². The minimum Gasteiger partial charge on any atom is -0.478 e. The normalized spacial score (nSPS) is 11.3. The summed E-state index contributed by atoms with van der Waals surface area (Å²) >= 11 is 1.23. The quantitative estimate of drug-likeness (QED) is 0.793. The number of hydrogen-bond donors (Lipinski definition) is 1. The highest BCUT2D eigenvalue weighted by atomic mass is 32.2. The van der Waals surface area contributed by atoms with Gasteiger partial charge in [-0.25, -0.2) is 18.2 Å². The topological polar surface area (TPSA) is 84.3 Å². The number of pyridine rings is 1. The monoisotopic (exact) mass is 261 g/mol. The van der Waals surface area contributed by atoms with Crippen LogP contribution < -0.4 is 0 Å². The van der Waals surface area contributed by atoms with Crippen molar-refractivity contribution in [2.75, 3.05) is 17.8 Å². The second-order valence-corrected chi connectivity index (χ2v) is 6.54. The number of rotatable bonds is 5. The van der Waals surface area contributed by atoms with Gasteiger partial charge in [0.1, 0.15) is 9.84 Å². The van der Waals surface area contributed by atoms with E-state index in [1.807, 2.05) is 0 Å². The van der Waals surface area contributed by atoms with E-state index in [1.165, 1.54) is 30.1 Å². The van der Waals surface area contributed by atoms with Crippen molar-refractivity contribution in [2.45, 2.75) is 5.03 Å². The molecule has 1 rings (SSSR count). The predicted octanol–water partition coefficient (Wildman–Crippen LogP) is 0.917. The zero-order valence-corrected chi connectivity index (χ0v) is 10.2. The first kappa shape index (κ1) is 13.0. The molecule has 0 aliphatic carbocycles. The van der Waals surface area contributed by atoms with Crippen LogP contribution in [0.25, 0.3) is 0 Å². The van der Waals surface area contributed by atoms with Crippen molar-refractivity contribution >= 4 is 27.6 Å². The van der Waals surface area contributed by atoms with Crippen LogP contribution in [-0.4, -0.2) is 42.2 Å². The molecule has 0 aliphatic rings. The molecule has 1 aromatic heterocycles. The van der Waals surface area contributed by atoms with Gasteiger partial charge in [0.05, 0.1) is 16.3 Å². The fraction of sp³-hybridized carbons (Fsp3) is 0.333. The third-order valence-electron chi connectivity index (χ3n) is 1.69. The molecule has 16 heavy (non-hydrogen) atoms. The summed E-state index contributed by atoms with van der Waals surface area (Å²) in [5, 5.41) is 9.25. The van der Waals surface area contributed by atoms with Crippen molar-refractivity contribution in [1.29, 1.82) is 0 Å². The van der Waals surface area contributed by atoms with Gasteiger partial charge in [0.2, 0.25) is 0 Å². The molecule has 0 aromatic carbocycles. The minimum absolute atomic E-state index is 0.0522. The van der Waals surface area contributed by atoms with Gasteiger partial charge in [0, 0.05) is 18.2 Å². The Morgan fingerprint density at radius 3 is 2.81 bits per heavy atom. The molecule has 0 spiro atoms. The van der Waals surface area contributed by atoms with Gasteiger partial charge in [0.25, 0.3) is 0 Å². The van der Waals surface area contributed by atoms with E-state index in [9.17, 15) is 13.2 Å². The second-order valence-electron chi connectivity index (χ2n) is 3.17. The first-order chi connectivity index (χ1) is 7.38. The highest BCUT2D eigenvalue weighted by molar-refractivity contribution is 8.00. The van der Waals surface area contributed by atoms with Gasteiger partial charge in [-0.05, 0) is 12.1 Å². The Morgan fingerprint density at radius 2 is 2.25 bits per heavy atom. The molecule has 0 atom stereocenters. The van der Waals surface area contributed by atoms with Gasteiger partial charge in [-0.2, -0.15) is 0 Å². The highest BCUT2D eigenvalue weighted by Gasteiger charge is 2.06. The average Bonchev–Trinajstić information content (AvgIpc) is 2.16. The summed E-state index contributed by atoms with van der Waals surface area (Å²) in [6.45, 7) is 0. The van der Waals surface area contributed by atoms with Crippen molar-refractivity contribution in [3.63, 3.8) is 0 Å². The molecule has 7 heteroatoms. The van der Waals surface area contributed by atoms with Gasteiger partial charge >= 0.3 is 5.97 Å². The van der Waals surface area contributed by atoms with Crippen LogP contribution in [-0.2, 0) is 9.84 Å². The van der Waals surface area contributed by atoms with Crippen LogP contribution in [0.5, 0.6) is 0 Å². The molecule has 1 N–H and O–H groups in total. The molecular formula is C9H11NO4S2. The van der Waals surface area contributed by atoms with Crippen LogP contribution in [0.3, 0.4) is 0 Å². The lowest BCUT2D eigenvalue weighted by Crippen LogP contribution is -2.05. The number of hydrogen-bond acceptors (Lipinski definition) is 5. The zero-order chi connectivity index (χ0) is 12.2. The second kappa shape index (κ2) is 5.31. The lowest BCUT2D eigenvalue weighted by molar-refractivity contribution is 0.0696. The average molecular weight is 261 g/mol. The van der Waals surface area contributed by atoms with E-state index in [0.29, 0.717) is 10.8 Å². The third kappa shape index (κ3) is 4.63. The molecule has 0 aliphatic heterocycles. The molecule has 0 fully saturated rings. The van der Waals surface area contributed by atoms with Gasteiger partial charge in [-0.15, -0.1) is 11.8 Å². The van der Waals surface area contributed by atoms with Gasteiger partial charge in [0.15, 0.2) is 0 Å². The lowest BCUT2D eigenvalue weighted by Gasteiger charge is -2.00. The van der Waals surface area contributed by atoms with Crippen LogP contribution in [0, 0.1) is 0 Å². The van der Waals surface area contributed by atoms with E-state index in [0.717, 1.165) is 6.26 Å². The Balaban J connectivity index is 2.61. The van der Waals surface area contributed by atoms with Crippen molar-refractivity contribution < 1.29 is 18.3 Å². The Bertz CT molecular complexity index is 484. The van der Waals surface area contributed by atoms with Gasteiger partial charge in [-0.1, -0.05) is 0 Å². The zero-order valence-electron chi connectivity index (χ0n) is 8.58. The van der Waals surface area contributed by atoms with Crippen molar-refractivity contribution in [2.24, 2.45) is 0 Å². The first-order valence-electron chi connectivity index (χ1n) is 4.38. The number of aromatic carboxylic acids is 1. The third-order valence-corrected chi connectivity index (χ3v) is 3.82. The van der Waals surface area contributed by atoms with Crippen LogP contribution in [0.2, 0.25) is 0 Å². The molecule has 1 heterocycles. The summed E-state index contributed by atoms with van der Waals surface area (Å²) in [7, 11) is -2.99. The standard InChI is InChI=1S/C9H11NO4S2/c1-16(13,14)5-4-15-8-6-7(9(11)12)2-3-10-8/h2-3,6H,4-5H2,1H3,(H,11,12). The smallest absolute Gasteiger partial charge is 0.335 e. The van der Waals surface area contributed by atoms with Crippen molar-refractivity contribution in [1.82, 2.24) is 4.98 Å². The maximum atomic E-state index is 10.9. The molecule has 0 saturated heterocycles. The number of nitrogens with zero attached hydrogens (tertiary/aromatic N) is 1. The Kier molecular flexibility index (Phi) is 4.31. The van der Waals surface area contributed by atoms with E-state index in [-0.39, 0.29) is 11.3 Å². The maximum Gasteiger partial charge on any atom is 0.335 e. The van der Waals surface area contributed by atoms with E-state index in [2.05, 4.69) is 4.98 Å². The van der Waals surface area contributed by atoms with E-state index in [4.69, 9.17) is 5.11 Å². The summed E-state index contributed by atoms with van der Waals surface area (Å²) in [4.78, 5) is 14.6. The molecule has 0 radical (unpaired) electrons. The Labute approximate surface area is 97.8 Å². The highest BCUT2D eigenvalue weighted by Crippen LogP contribution is 2.16. The Hall–Kier alpha value is -1.08. The number of thioether (sulfide) groups is 1. The molecule has 0 unspecified atom stereocenters. The summed E-state index contributed by atoms with van der Waals surface area (Å²) in [6, 6.07) is 2.82. The molecule has 1 aromatic rings. The SMILES string of the molecule is CS(=O)(=O)CCSc1cc(C(=O)O)ccn1. The minimum atomic E-state index is -2.99.